The summed E-state index contributed by atoms with van der Waals surface area (Å²) < 4.78 is 1.41. The fourth-order valence-electron chi connectivity index (χ4n) is 2.81. The van der Waals surface area contributed by atoms with Crippen LogP contribution in [0.3, 0.4) is 0 Å². The smallest absolute Gasteiger partial charge is 0.261 e. The van der Waals surface area contributed by atoms with E-state index in [1.807, 2.05) is 49.3 Å². The van der Waals surface area contributed by atoms with Gasteiger partial charge < -0.3 is 10.2 Å². The Balaban J connectivity index is 1.74. The van der Waals surface area contributed by atoms with Crippen LogP contribution in [0.15, 0.2) is 53.3 Å². The molecule has 0 saturated carbocycles. The van der Waals surface area contributed by atoms with Crippen LogP contribution in [0.2, 0.25) is 0 Å². The molecule has 0 fully saturated rings. The largest absolute Gasteiger partial charge is 0.378 e. The number of aryl methyl sites for hydroxylation is 1. The van der Waals surface area contributed by atoms with Crippen LogP contribution in [0.5, 0.6) is 0 Å². The third-order valence-corrected chi connectivity index (χ3v) is 4.27. The average Bonchev–Trinajstić information content (AvgIpc) is 2.63. The zero-order valence-corrected chi connectivity index (χ0v) is 15.2. The lowest BCUT2D eigenvalue weighted by Gasteiger charge is -2.14. The van der Waals surface area contributed by atoms with Crippen LogP contribution in [0, 0.1) is 6.92 Å². The topological polar surface area (TPSA) is 67.2 Å². The minimum atomic E-state index is -0.220. The van der Waals surface area contributed by atoms with Crippen LogP contribution in [-0.4, -0.2) is 29.6 Å². The van der Waals surface area contributed by atoms with Crippen molar-refractivity contribution in [2.75, 3.05) is 19.0 Å². The molecule has 26 heavy (non-hydrogen) atoms. The Morgan fingerprint density at radius 1 is 1.15 bits per heavy atom. The zero-order valence-electron chi connectivity index (χ0n) is 15.2. The molecule has 0 aliphatic carbocycles. The van der Waals surface area contributed by atoms with Crippen LogP contribution in [0.1, 0.15) is 11.4 Å². The lowest BCUT2D eigenvalue weighted by molar-refractivity contribution is -0.121. The summed E-state index contributed by atoms with van der Waals surface area (Å²) in [7, 11) is 3.94. The number of anilines is 1. The molecule has 1 N–H and O–H groups in total. The monoisotopic (exact) mass is 350 g/mol. The van der Waals surface area contributed by atoms with Crippen molar-refractivity contribution in [2.24, 2.45) is 0 Å². The zero-order chi connectivity index (χ0) is 18.7. The van der Waals surface area contributed by atoms with Gasteiger partial charge in [0.05, 0.1) is 10.9 Å². The Labute approximate surface area is 152 Å². The van der Waals surface area contributed by atoms with Gasteiger partial charge in [-0.05, 0) is 36.8 Å². The number of benzene rings is 2. The van der Waals surface area contributed by atoms with E-state index in [1.165, 1.54) is 4.57 Å². The quantitative estimate of drug-likeness (QED) is 0.765. The molecule has 2 aromatic carbocycles. The Morgan fingerprint density at radius 2 is 1.92 bits per heavy atom. The molecule has 134 valence electrons. The van der Waals surface area contributed by atoms with E-state index in [-0.39, 0.29) is 18.0 Å². The highest BCUT2D eigenvalue weighted by atomic mass is 16.2. The van der Waals surface area contributed by atoms with Gasteiger partial charge in [-0.15, -0.1) is 0 Å². The molecule has 3 aromatic rings. The molecule has 1 aromatic heterocycles. The number of para-hydroxylation sites is 1. The third-order valence-electron chi connectivity index (χ3n) is 4.27. The van der Waals surface area contributed by atoms with Crippen molar-refractivity contribution in [3.8, 4) is 0 Å². The fraction of sp³-hybridized carbons (Fsp3) is 0.250. The summed E-state index contributed by atoms with van der Waals surface area (Å²) >= 11 is 0. The summed E-state index contributed by atoms with van der Waals surface area (Å²) in [5, 5.41) is 3.39. The van der Waals surface area contributed by atoms with Gasteiger partial charge in [0.25, 0.3) is 5.56 Å². The van der Waals surface area contributed by atoms with Crippen LogP contribution < -0.4 is 15.8 Å². The SMILES string of the molecule is Cc1nc2ccccc2c(=O)n1CC(=O)NCc1cccc(N(C)C)c1. The number of nitrogens with zero attached hydrogens (tertiary/aromatic N) is 3. The van der Waals surface area contributed by atoms with Crippen molar-refractivity contribution < 1.29 is 4.79 Å². The lowest BCUT2D eigenvalue weighted by Crippen LogP contribution is -2.33. The Morgan fingerprint density at radius 3 is 2.69 bits per heavy atom. The van der Waals surface area contributed by atoms with Crippen LogP contribution in [-0.2, 0) is 17.9 Å². The molecule has 0 radical (unpaired) electrons. The predicted molar refractivity (Wildman–Crippen MR) is 103 cm³/mol. The summed E-state index contributed by atoms with van der Waals surface area (Å²) in [5.41, 5.74) is 2.53. The first kappa shape index (κ1) is 17.7. The number of hydrogen-bond acceptors (Lipinski definition) is 4. The van der Waals surface area contributed by atoms with E-state index in [0.29, 0.717) is 23.3 Å². The molecule has 0 atom stereocenters. The van der Waals surface area contributed by atoms with E-state index in [0.717, 1.165) is 11.3 Å². The van der Waals surface area contributed by atoms with E-state index < -0.39 is 0 Å². The van der Waals surface area contributed by atoms with Crippen LogP contribution in [0.4, 0.5) is 5.69 Å². The molecule has 0 spiro atoms. The maximum atomic E-state index is 12.6. The first-order valence-electron chi connectivity index (χ1n) is 8.45. The number of amides is 1. The summed E-state index contributed by atoms with van der Waals surface area (Å²) in [6.07, 6.45) is 0. The summed E-state index contributed by atoms with van der Waals surface area (Å²) in [5.74, 6) is 0.306. The minimum Gasteiger partial charge on any atom is -0.378 e. The standard InChI is InChI=1S/C20H22N4O2/c1-14-22-18-10-5-4-9-17(18)20(26)24(14)13-19(25)21-12-15-7-6-8-16(11-15)23(2)3/h4-11H,12-13H2,1-3H3,(H,21,25). The molecular formula is C20H22N4O2. The van der Waals surface area contributed by atoms with E-state index in [2.05, 4.69) is 10.3 Å². The van der Waals surface area contributed by atoms with Gasteiger partial charge in [0, 0.05) is 26.3 Å². The van der Waals surface area contributed by atoms with Gasteiger partial charge in [-0.25, -0.2) is 4.98 Å². The fourth-order valence-corrected chi connectivity index (χ4v) is 2.81. The number of carbonyl (C=O) groups excluding carboxylic acids is 1. The van der Waals surface area contributed by atoms with Gasteiger partial charge in [-0.3, -0.25) is 14.2 Å². The second-order valence-corrected chi connectivity index (χ2v) is 6.41. The highest BCUT2D eigenvalue weighted by Crippen LogP contribution is 2.13. The molecule has 0 aliphatic rings. The molecular weight excluding hydrogens is 328 g/mol. The highest BCUT2D eigenvalue weighted by molar-refractivity contribution is 5.79. The molecule has 6 nitrogen and oxygen atoms in total. The molecule has 0 aliphatic heterocycles. The average molecular weight is 350 g/mol. The predicted octanol–water partition coefficient (Wildman–Crippen LogP) is 2.09. The molecule has 6 heteroatoms. The lowest BCUT2D eigenvalue weighted by atomic mass is 10.2. The maximum Gasteiger partial charge on any atom is 0.261 e. The van der Waals surface area contributed by atoms with Gasteiger partial charge in [-0.1, -0.05) is 24.3 Å². The molecule has 1 amide bonds. The van der Waals surface area contributed by atoms with Gasteiger partial charge >= 0.3 is 0 Å². The number of carbonyl (C=O) groups is 1. The Hall–Kier alpha value is -3.15. The van der Waals surface area contributed by atoms with Crippen molar-refractivity contribution >= 4 is 22.5 Å². The van der Waals surface area contributed by atoms with Crippen molar-refractivity contribution in [3.63, 3.8) is 0 Å². The number of hydrogen-bond donors (Lipinski definition) is 1. The molecule has 0 saturated heterocycles. The Kier molecular flexibility index (Phi) is 5.02. The van der Waals surface area contributed by atoms with Crippen molar-refractivity contribution in [1.29, 1.82) is 0 Å². The summed E-state index contributed by atoms with van der Waals surface area (Å²) in [6, 6.07) is 15.1. The number of nitrogens with one attached hydrogen (secondary N) is 1. The Bertz CT molecular complexity index is 1010. The minimum absolute atomic E-state index is 0.0458. The molecule has 0 unspecified atom stereocenters. The molecule has 3 rings (SSSR count). The third kappa shape index (κ3) is 3.74. The van der Waals surface area contributed by atoms with Crippen molar-refractivity contribution in [3.05, 3.63) is 70.3 Å². The van der Waals surface area contributed by atoms with Gasteiger partial charge in [0.2, 0.25) is 5.91 Å². The first-order chi connectivity index (χ1) is 12.5. The van der Waals surface area contributed by atoms with Gasteiger partial charge in [-0.2, -0.15) is 0 Å². The maximum absolute atomic E-state index is 12.6. The normalized spacial score (nSPS) is 10.7. The summed E-state index contributed by atoms with van der Waals surface area (Å²) in [4.78, 5) is 31.4. The van der Waals surface area contributed by atoms with E-state index in [9.17, 15) is 9.59 Å². The van der Waals surface area contributed by atoms with Crippen molar-refractivity contribution in [1.82, 2.24) is 14.9 Å². The summed E-state index contributed by atoms with van der Waals surface area (Å²) in [6.45, 7) is 2.10. The van der Waals surface area contributed by atoms with E-state index in [1.54, 1.807) is 25.1 Å². The van der Waals surface area contributed by atoms with Gasteiger partial charge in [0.15, 0.2) is 0 Å². The molecule has 0 bridgehead atoms. The van der Waals surface area contributed by atoms with E-state index in [4.69, 9.17) is 0 Å². The number of aromatic nitrogens is 2. The van der Waals surface area contributed by atoms with E-state index >= 15 is 0 Å². The van der Waals surface area contributed by atoms with Crippen LogP contribution in [0.25, 0.3) is 10.9 Å². The highest BCUT2D eigenvalue weighted by Gasteiger charge is 2.11. The van der Waals surface area contributed by atoms with Crippen molar-refractivity contribution in [2.45, 2.75) is 20.0 Å². The first-order valence-corrected chi connectivity index (χ1v) is 8.45. The second kappa shape index (κ2) is 7.39. The van der Waals surface area contributed by atoms with Gasteiger partial charge in [0.1, 0.15) is 12.4 Å². The second-order valence-electron chi connectivity index (χ2n) is 6.41. The molecule has 1 heterocycles. The van der Waals surface area contributed by atoms with Crippen LogP contribution >= 0.6 is 0 Å². The number of fused-ring (bicyclic) bond motifs is 1. The number of rotatable bonds is 5.